The minimum atomic E-state index is -0.772. The maximum Gasteiger partial charge on any atom is 0.319 e. The molecule has 0 radical (unpaired) electrons. The first-order valence-corrected chi connectivity index (χ1v) is 8.41. The molecule has 1 saturated heterocycles. The van der Waals surface area contributed by atoms with Crippen molar-refractivity contribution >= 4 is 11.9 Å². The lowest BCUT2D eigenvalue weighted by molar-refractivity contribution is -0.161. The molecule has 2 fully saturated rings. The maximum atomic E-state index is 12.6. The number of ether oxygens (including phenoxy) is 2. The van der Waals surface area contributed by atoms with E-state index in [4.69, 9.17) is 9.47 Å². The molecule has 2 aliphatic heterocycles. The number of carbonyl (C=O) groups is 2. The zero-order valence-corrected chi connectivity index (χ0v) is 13.2. The predicted molar refractivity (Wildman–Crippen MR) is 82.8 cm³/mol. The fraction of sp³-hybridized carbons (Fsp3) is 0.556. The molecule has 5 heteroatoms. The molecule has 1 aromatic carbocycles. The Morgan fingerprint density at radius 1 is 1.39 bits per heavy atom. The zero-order valence-electron chi connectivity index (χ0n) is 13.2. The van der Waals surface area contributed by atoms with Crippen LogP contribution in [0.2, 0.25) is 0 Å². The average molecular weight is 315 g/mol. The van der Waals surface area contributed by atoms with Gasteiger partial charge in [-0.2, -0.15) is 0 Å². The van der Waals surface area contributed by atoms with E-state index in [0.29, 0.717) is 0 Å². The van der Waals surface area contributed by atoms with E-state index < -0.39 is 17.3 Å². The molecule has 4 atom stereocenters. The molecule has 23 heavy (non-hydrogen) atoms. The number of hydrogen-bond acceptors (Lipinski definition) is 4. The summed E-state index contributed by atoms with van der Waals surface area (Å²) < 4.78 is 11.5. The average Bonchev–Trinajstić information content (AvgIpc) is 2.85. The van der Waals surface area contributed by atoms with E-state index >= 15 is 0 Å². The molecule has 0 aromatic heterocycles. The molecule has 1 amide bonds. The van der Waals surface area contributed by atoms with Gasteiger partial charge in [0.2, 0.25) is 5.91 Å². The molecule has 1 N–H and O–H groups in total. The quantitative estimate of drug-likeness (QED) is 0.672. The van der Waals surface area contributed by atoms with Gasteiger partial charge in [0, 0.05) is 5.56 Å². The molecule has 122 valence electrons. The van der Waals surface area contributed by atoms with Crippen molar-refractivity contribution < 1.29 is 19.1 Å². The first-order chi connectivity index (χ1) is 11.2. The van der Waals surface area contributed by atoms with Gasteiger partial charge in [0.1, 0.15) is 17.8 Å². The number of hydrogen-bond donors (Lipinski definition) is 1. The van der Waals surface area contributed by atoms with Crippen LogP contribution < -0.4 is 10.1 Å². The number of esters is 1. The second-order valence-electron chi connectivity index (χ2n) is 6.63. The van der Waals surface area contributed by atoms with Crippen LogP contribution in [-0.2, 0) is 14.3 Å². The second kappa shape index (κ2) is 5.25. The summed E-state index contributed by atoms with van der Waals surface area (Å²) >= 11 is 0. The van der Waals surface area contributed by atoms with Gasteiger partial charge in [-0.15, -0.1) is 0 Å². The number of fused-ring (bicyclic) bond motifs is 2. The Morgan fingerprint density at radius 3 is 3.04 bits per heavy atom. The minimum absolute atomic E-state index is 0.121. The van der Waals surface area contributed by atoms with Crippen LogP contribution >= 0.6 is 0 Å². The highest BCUT2D eigenvalue weighted by atomic mass is 16.5. The number of para-hydroxylation sites is 1. The molecule has 2 heterocycles. The Morgan fingerprint density at radius 2 is 2.22 bits per heavy atom. The molecule has 4 rings (SSSR count). The van der Waals surface area contributed by atoms with Crippen LogP contribution in [0.1, 0.15) is 44.2 Å². The van der Waals surface area contributed by atoms with E-state index in [1.54, 1.807) is 6.92 Å². The van der Waals surface area contributed by atoms with Crippen LogP contribution in [0.15, 0.2) is 24.3 Å². The normalized spacial score (nSPS) is 34.5. The third kappa shape index (κ3) is 1.92. The molecular formula is C18H21NO4. The van der Waals surface area contributed by atoms with Gasteiger partial charge in [0.25, 0.3) is 0 Å². The van der Waals surface area contributed by atoms with E-state index in [-0.39, 0.29) is 24.7 Å². The van der Waals surface area contributed by atoms with Gasteiger partial charge >= 0.3 is 5.97 Å². The minimum Gasteiger partial charge on any atom is -0.489 e. The highest BCUT2D eigenvalue weighted by Crippen LogP contribution is 2.60. The Labute approximate surface area is 135 Å². The first kappa shape index (κ1) is 14.5. The van der Waals surface area contributed by atoms with Crippen molar-refractivity contribution in [1.82, 2.24) is 5.32 Å². The van der Waals surface area contributed by atoms with Gasteiger partial charge in [-0.25, -0.2) is 0 Å². The summed E-state index contributed by atoms with van der Waals surface area (Å²) in [5.41, 5.74) is 0.460. The van der Waals surface area contributed by atoms with E-state index in [0.717, 1.165) is 37.0 Å². The van der Waals surface area contributed by atoms with Crippen molar-refractivity contribution in [3.05, 3.63) is 29.8 Å². The first-order valence-electron chi connectivity index (χ1n) is 8.41. The molecule has 1 aromatic rings. The van der Waals surface area contributed by atoms with Crippen molar-refractivity contribution in [2.75, 3.05) is 6.61 Å². The SMILES string of the molecule is CCOC(=O)[C@@H]1C(=O)N[C@H]2c3ccccc3O[C@@H]3CCCC[C@@]132. The van der Waals surface area contributed by atoms with Gasteiger partial charge in [-0.05, 0) is 32.3 Å². The van der Waals surface area contributed by atoms with Crippen LogP contribution in [0.5, 0.6) is 5.75 Å². The van der Waals surface area contributed by atoms with Crippen LogP contribution in [0.3, 0.4) is 0 Å². The van der Waals surface area contributed by atoms with Crippen molar-refractivity contribution in [2.45, 2.75) is 44.8 Å². The topological polar surface area (TPSA) is 64.6 Å². The summed E-state index contributed by atoms with van der Waals surface area (Å²) in [5, 5.41) is 3.07. The molecular weight excluding hydrogens is 294 g/mol. The van der Waals surface area contributed by atoms with Gasteiger partial charge in [-0.3, -0.25) is 9.59 Å². The summed E-state index contributed by atoms with van der Waals surface area (Å²) in [6, 6.07) is 7.65. The summed E-state index contributed by atoms with van der Waals surface area (Å²) in [4.78, 5) is 25.2. The fourth-order valence-corrected chi connectivity index (χ4v) is 4.69. The number of carbonyl (C=O) groups excluding carboxylic acids is 2. The van der Waals surface area contributed by atoms with Gasteiger partial charge < -0.3 is 14.8 Å². The summed E-state index contributed by atoms with van der Waals surface area (Å²) in [5.74, 6) is -0.584. The predicted octanol–water partition coefficient (Wildman–Crippen LogP) is 2.36. The van der Waals surface area contributed by atoms with Crippen molar-refractivity contribution in [2.24, 2.45) is 11.3 Å². The molecule has 1 aliphatic carbocycles. The number of nitrogens with one attached hydrogen (secondary N) is 1. The number of rotatable bonds is 2. The van der Waals surface area contributed by atoms with Gasteiger partial charge in [0.15, 0.2) is 0 Å². The number of amides is 1. The summed E-state index contributed by atoms with van der Waals surface area (Å²) in [7, 11) is 0. The summed E-state index contributed by atoms with van der Waals surface area (Å²) in [6.45, 7) is 2.05. The van der Waals surface area contributed by atoms with Crippen LogP contribution in [-0.4, -0.2) is 24.6 Å². The van der Waals surface area contributed by atoms with E-state index in [1.807, 2.05) is 24.3 Å². The van der Waals surface area contributed by atoms with Crippen molar-refractivity contribution in [1.29, 1.82) is 0 Å². The Kier molecular flexibility index (Phi) is 3.32. The van der Waals surface area contributed by atoms with Gasteiger partial charge in [0.05, 0.1) is 18.1 Å². The third-order valence-electron chi connectivity index (χ3n) is 5.57. The lowest BCUT2D eigenvalue weighted by Crippen LogP contribution is -2.53. The largest absolute Gasteiger partial charge is 0.489 e. The van der Waals surface area contributed by atoms with E-state index in [9.17, 15) is 9.59 Å². The molecule has 0 unspecified atom stereocenters. The Balaban J connectivity index is 1.85. The molecule has 0 bridgehead atoms. The molecule has 1 spiro atoms. The molecule has 1 saturated carbocycles. The third-order valence-corrected chi connectivity index (χ3v) is 5.57. The zero-order chi connectivity index (χ0) is 16.0. The second-order valence-corrected chi connectivity index (χ2v) is 6.63. The Bertz CT molecular complexity index is 658. The maximum absolute atomic E-state index is 12.6. The highest BCUT2D eigenvalue weighted by Gasteiger charge is 2.66. The van der Waals surface area contributed by atoms with Crippen LogP contribution in [0.4, 0.5) is 0 Å². The van der Waals surface area contributed by atoms with Crippen molar-refractivity contribution in [3.63, 3.8) is 0 Å². The highest BCUT2D eigenvalue weighted by molar-refractivity contribution is 6.01. The van der Waals surface area contributed by atoms with E-state index in [1.165, 1.54) is 0 Å². The monoisotopic (exact) mass is 315 g/mol. The van der Waals surface area contributed by atoms with Crippen molar-refractivity contribution in [3.8, 4) is 5.75 Å². The van der Waals surface area contributed by atoms with Crippen LogP contribution in [0, 0.1) is 11.3 Å². The Hall–Kier alpha value is -2.04. The lowest BCUT2D eigenvalue weighted by atomic mass is 9.59. The summed E-state index contributed by atoms with van der Waals surface area (Å²) in [6.07, 6.45) is 3.62. The van der Waals surface area contributed by atoms with Gasteiger partial charge in [-0.1, -0.05) is 24.6 Å². The molecule has 3 aliphatic rings. The molecule has 5 nitrogen and oxygen atoms in total. The smallest absolute Gasteiger partial charge is 0.319 e. The number of benzene rings is 1. The lowest BCUT2D eigenvalue weighted by Gasteiger charge is -2.49. The standard InChI is InChI=1S/C18H21NO4/c1-2-22-17(21)14-16(20)19-15-11-7-3-4-8-12(11)23-13-9-5-6-10-18(13,14)15/h3-4,7-8,13-15H,2,5-6,9-10H2,1H3,(H,19,20)/t13-,14+,15+,18+/m1/s1. The van der Waals surface area contributed by atoms with Crippen LogP contribution in [0.25, 0.3) is 0 Å². The van der Waals surface area contributed by atoms with E-state index in [2.05, 4.69) is 5.32 Å². The fourth-order valence-electron chi connectivity index (χ4n) is 4.69.